The van der Waals surface area contributed by atoms with Crippen LogP contribution in [0.5, 0.6) is 0 Å². The van der Waals surface area contributed by atoms with E-state index in [0.717, 1.165) is 25.8 Å². The Labute approximate surface area is 120 Å². The lowest BCUT2D eigenvalue weighted by Crippen LogP contribution is -2.44. The molecule has 0 radical (unpaired) electrons. The Morgan fingerprint density at radius 2 is 2.28 bits per heavy atom. The summed E-state index contributed by atoms with van der Waals surface area (Å²) in [5.74, 6) is -0.0682. The average molecular weight is 308 g/mol. The van der Waals surface area contributed by atoms with Gasteiger partial charge in [-0.15, -0.1) is 11.3 Å². The van der Waals surface area contributed by atoms with E-state index < -0.39 is 0 Å². The number of hydrogen-bond donors (Lipinski definition) is 1. The van der Waals surface area contributed by atoms with Crippen LogP contribution >= 0.6 is 34.5 Å². The number of nitrogens with zero attached hydrogens (tertiary/aromatic N) is 1. The summed E-state index contributed by atoms with van der Waals surface area (Å²) in [6.07, 6.45) is 3.68. The zero-order valence-electron chi connectivity index (χ0n) is 9.86. The Kier molecular flexibility index (Phi) is 4.90. The first-order chi connectivity index (χ1) is 8.63. The fraction of sp³-hybridized carbons (Fsp3) is 0.583. The number of amides is 1. The van der Waals surface area contributed by atoms with Gasteiger partial charge in [0.25, 0.3) is 5.91 Å². The zero-order valence-corrected chi connectivity index (χ0v) is 12.2. The van der Waals surface area contributed by atoms with Gasteiger partial charge in [0.1, 0.15) is 4.34 Å². The van der Waals surface area contributed by atoms with E-state index in [2.05, 4.69) is 0 Å². The van der Waals surface area contributed by atoms with Crippen LogP contribution in [-0.2, 0) is 0 Å². The number of likely N-dealkylation sites (tertiary alicyclic amines) is 1. The van der Waals surface area contributed by atoms with Gasteiger partial charge in [0.15, 0.2) is 0 Å². The van der Waals surface area contributed by atoms with Gasteiger partial charge in [0, 0.05) is 19.2 Å². The molecule has 2 rings (SSSR count). The topological polar surface area (TPSA) is 40.5 Å². The standard InChI is InChI=1S/C12H15Cl2NO2S/c13-10-7-9(11(14)18-10)12(17)15-5-2-1-3-8(15)4-6-16/h7-8,16H,1-6H2. The second-order valence-corrected chi connectivity index (χ2v) is 6.68. The van der Waals surface area contributed by atoms with Crippen LogP contribution in [0.1, 0.15) is 36.0 Å². The van der Waals surface area contributed by atoms with Crippen LogP contribution in [-0.4, -0.2) is 35.1 Å². The van der Waals surface area contributed by atoms with Crippen molar-refractivity contribution in [1.82, 2.24) is 4.90 Å². The number of rotatable bonds is 3. The maximum absolute atomic E-state index is 12.4. The number of hydrogen-bond acceptors (Lipinski definition) is 3. The van der Waals surface area contributed by atoms with Crippen molar-refractivity contribution in [2.45, 2.75) is 31.7 Å². The molecule has 1 fully saturated rings. The van der Waals surface area contributed by atoms with Gasteiger partial charge in [-0.3, -0.25) is 4.79 Å². The molecule has 0 aromatic carbocycles. The van der Waals surface area contributed by atoms with Crippen molar-refractivity contribution >= 4 is 40.4 Å². The number of aliphatic hydroxyl groups excluding tert-OH is 1. The van der Waals surface area contributed by atoms with Gasteiger partial charge in [-0.1, -0.05) is 23.2 Å². The van der Waals surface area contributed by atoms with Gasteiger partial charge < -0.3 is 10.0 Å². The summed E-state index contributed by atoms with van der Waals surface area (Å²) in [6.45, 7) is 0.833. The average Bonchev–Trinajstić information content (AvgIpc) is 2.69. The minimum absolute atomic E-state index is 0.0682. The molecule has 0 spiro atoms. The molecule has 6 heteroatoms. The first-order valence-electron chi connectivity index (χ1n) is 6.00. The van der Waals surface area contributed by atoms with Crippen molar-refractivity contribution in [3.8, 4) is 0 Å². The molecule has 1 aliphatic rings. The number of thiophene rings is 1. The highest BCUT2D eigenvalue weighted by Gasteiger charge is 2.28. The molecular weight excluding hydrogens is 293 g/mol. The molecule has 0 aliphatic carbocycles. The molecule has 18 heavy (non-hydrogen) atoms. The zero-order chi connectivity index (χ0) is 13.1. The van der Waals surface area contributed by atoms with Crippen LogP contribution in [0.15, 0.2) is 6.07 Å². The van der Waals surface area contributed by atoms with E-state index in [1.807, 2.05) is 4.90 Å². The highest BCUT2D eigenvalue weighted by Crippen LogP contribution is 2.33. The summed E-state index contributed by atoms with van der Waals surface area (Å²) in [5.41, 5.74) is 0.483. The lowest BCUT2D eigenvalue weighted by molar-refractivity contribution is 0.0575. The lowest BCUT2D eigenvalue weighted by Gasteiger charge is -2.35. The van der Waals surface area contributed by atoms with E-state index in [0.29, 0.717) is 20.7 Å². The minimum Gasteiger partial charge on any atom is -0.396 e. The predicted octanol–water partition coefficient (Wildman–Crippen LogP) is 3.43. The SMILES string of the molecule is O=C(c1cc(Cl)sc1Cl)N1CCCCC1CCO. The Bertz CT molecular complexity index is 434. The fourth-order valence-electron chi connectivity index (χ4n) is 2.36. The van der Waals surface area contributed by atoms with Gasteiger partial charge in [0.05, 0.1) is 9.90 Å². The number of aliphatic hydroxyl groups is 1. The molecular formula is C12H15Cl2NO2S. The van der Waals surface area contributed by atoms with Crippen molar-refractivity contribution in [1.29, 1.82) is 0 Å². The molecule has 1 atom stereocenters. The molecule has 1 aromatic heterocycles. The molecule has 2 heterocycles. The van der Waals surface area contributed by atoms with Crippen molar-refractivity contribution in [3.05, 3.63) is 20.3 Å². The molecule has 1 saturated heterocycles. The van der Waals surface area contributed by atoms with Gasteiger partial charge in [0.2, 0.25) is 0 Å². The molecule has 1 aliphatic heterocycles. The van der Waals surface area contributed by atoms with E-state index in [1.165, 1.54) is 11.3 Å². The third-order valence-corrected chi connectivity index (χ3v) is 4.73. The van der Waals surface area contributed by atoms with Crippen LogP contribution in [0.25, 0.3) is 0 Å². The number of carbonyl (C=O) groups excluding carboxylic acids is 1. The molecule has 0 bridgehead atoms. The second-order valence-electron chi connectivity index (χ2n) is 4.40. The molecule has 100 valence electrons. The van der Waals surface area contributed by atoms with Gasteiger partial charge >= 0.3 is 0 Å². The number of halogens is 2. The minimum atomic E-state index is -0.0682. The van der Waals surface area contributed by atoms with Crippen LogP contribution in [0.4, 0.5) is 0 Å². The monoisotopic (exact) mass is 307 g/mol. The molecule has 1 unspecified atom stereocenters. The Hall–Kier alpha value is -0.290. The maximum Gasteiger partial charge on any atom is 0.256 e. The predicted molar refractivity (Wildman–Crippen MR) is 74.7 cm³/mol. The molecule has 3 nitrogen and oxygen atoms in total. The van der Waals surface area contributed by atoms with Crippen molar-refractivity contribution < 1.29 is 9.90 Å². The summed E-state index contributed by atoms with van der Waals surface area (Å²) in [6, 6.07) is 1.74. The van der Waals surface area contributed by atoms with Gasteiger partial charge in [-0.25, -0.2) is 0 Å². The van der Waals surface area contributed by atoms with Gasteiger partial charge in [-0.05, 0) is 31.7 Å². The van der Waals surface area contributed by atoms with Crippen molar-refractivity contribution in [2.24, 2.45) is 0 Å². The third kappa shape index (κ3) is 2.99. The molecule has 1 N–H and O–H groups in total. The first kappa shape index (κ1) is 14.1. The largest absolute Gasteiger partial charge is 0.396 e. The first-order valence-corrected chi connectivity index (χ1v) is 7.57. The molecule has 1 amide bonds. The van der Waals surface area contributed by atoms with Crippen molar-refractivity contribution in [3.63, 3.8) is 0 Å². The fourth-order valence-corrected chi connectivity index (χ4v) is 3.81. The smallest absolute Gasteiger partial charge is 0.256 e. The van der Waals surface area contributed by atoms with E-state index in [4.69, 9.17) is 28.3 Å². The van der Waals surface area contributed by atoms with E-state index >= 15 is 0 Å². The van der Waals surface area contributed by atoms with Crippen LogP contribution in [0.3, 0.4) is 0 Å². The highest BCUT2D eigenvalue weighted by molar-refractivity contribution is 7.20. The summed E-state index contributed by atoms with van der Waals surface area (Å²) < 4.78 is 0.970. The summed E-state index contributed by atoms with van der Waals surface area (Å²) >= 11 is 13.1. The number of piperidine rings is 1. The Balaban J connectivity index is 2.18. The Morgan fingerprint density at radius 1 is 1.50 bits per heavy atom. The van der Waals surface area contributed by atoms with Crippen LogP contribution in [0, 0.1) is 0 Å². The van der Waals surface area contributed by atoms with Crippen LogP contribution in [0.2, 0.25) is 8.67 Å². The second kappa shape index (κ2) is 6.24. The number of carbonyl (C=O) groups is 1. The molecule has 1 aromatic rings. The summed E-state index contributed by atoms with van der Waals surface area (Å²) in [7, 11) is 0. The normalized spacial score (nSPS) is 20.2. The Morgan fingerprint density at radius 3 is 2.89 bits per heavy atom. The van der Waals surface area contributed by atoms with E-state index in [9.17, 15) is 4.79 Å². The summed E-state index contributed by atoms with van der Waals surface area (Å²) in [5, 5.41) is 9.06. The molecule has 0 saturated carbocycles. The lowest BCUT2D eigenvalue weighted by atomic mass is 9.99. The van der Waals surface area contributed by atoms with E-state index in [-0.39, 0.29) is 18.6 Å². The van der Waals surface area contributed by atoms with Crippen LogP contribution < -0.4 is 0 Å². The maximum atomic E-state index is 12.4. The van der Waals surface area contributed by atoms with E-state index in [1.54, 1.807) is 6.07 Å². The van der Waals surface area contributed by atoms with Gasteiger partial charge in [-0.2, -0.15) is 0 Å². The van der Waals surface area contributed by atoms with Crippen molar-refractivity contribution in [2.75, 3.05) is 13.2 Å². The highest BCUT2D eigenvalue weighted by atomic mass is 35.5. The third-order valence-electron chi connectivity index (χ3n) is 3.24. The summed E-state index contributed by atoms with van der Waals surface area (Å²) in [4.78, 5) is 14.3. The quantitative estimate of drug-likeness (QED) is 0.929.